The maximum Gasteiger partial charge on any atom is 0.250 e. The monoisotopic (exact) mass is 311 g/mol. The topological polar surface area (TPSA) is 67.1 Å². The third-order valence-electron chi connectivity index (χ3n) is 3.23. The van der Waals surface area contributed by atoms with Crippen molar-refractivity contribution in [2.24, 2.45) is 5.73 Å². The summed E-state index contributed by atoms with van der Waals surface area (Å²) in [7, 11) is 0. The molecule has 0 aromatic heterocycles. The van der Waals surface area contributed by atoms with Gasteiger partial charge in [-0.2, -0.15) is 0 Å². The van der Waals surface area contributed by atoms with E-state index in [-0.39, 0.29) is 0 Å². The summed E-state index contributed by atoms with van der Waals surface area (Å²) >= 11 is 3.35. The highest BCUT2D eigenvalue weighted by Gasteiger charge is 2.19. The van der Waals surface area contributed by atoms with E-state index in [0.717, 1.165) is 29.5 Å². The normalized spacial score (nSPS) is 23.7. The number of anilines is 1. The van der Waals surface area contributed by atoms with E-state index in [9.17, 15) is 4.79 Å². The average Bonchev–Trinajstić information content (AvgIpc) is 2.31. The molecule has 4 nitrogen and oxygen atoms in total. The maximum atomic E-state index is 11.4. The van der Waals surface area contributed by atoms with Gasteiger partial charge in [0.1, 0.15) is 0 Å². The highest BCUT2D eigenvalue weighted by molar-refractivity contribution is 9.10. The van der Waals surface area contributed by atoms with Crippen molar-refractivity contribution in [2.45, 2.75) is 31.8 Å². The summed E-state index contributed by atoms with van der Waals surface area (Å²) < 4.78 is 0.862. The molecule has 1 heterocycles. The van der Waals surface area contributed by atoms with Crippen LogP contribution in [-0.4, -0.2) is 24.5 Å². The molecule has 98 valence electrons. The molecule has 0 spiro atoms. The van der Waals surface area contributed by atoms with E-state index in [2.05, 4.69) is 33.5 Å². The minimum Gasteiger partial charge on any atom is -0.382 e. The highest BCUT2D eigenvalue weighted by atomic mass is 79.9. The lowest BCUT2D eigenvalue weighted by Gasteiger charge is -2.30. The minimum atomic E-state index is -0.402. The van der Waals surface area contributed by atoms with Gasteiger partial charge in [0, 0.05) is 22.2 Å². The number of piperidine rings is 1. The quantitative estimate of drug-likeness (QED) is 0.801. The van der Waals surface area contributed by atoms with E-state index >= 15 is 0 Å². The van der Waals surface area contributed by atoms with E-state index in [1.165, 1.54) is 0 Å². The summed E-state index contributed by atoms with van der Waals surface area (Å²) in [5, 5.41) is 6.83. The van der Waals surface area contributed by atoms with Crippen LogP contribution in [0, 0.1) is 0 Å². The van der Waals surface area contributed by atoms with Crippen LogP contribution in [0.2, 0.25) is 0 Å². The van der Waals surface area contributed by atoms with Crippen molar-refractivity contribution in [3.63, 3.8) is 0 Å². The largest absolute Gasteiger partial charge is 0.382 e. The Bertz CT molecular complexity index is 450. The number of hydrogen-bond donors (Lipinski definition) is 3. The predicted octanol–water partition coefficient (Wildman–Crippen LogP) is 2.10. The van der Waals surface area contributed by atoms with Crippen LogP contribution in [0.3, 0.4) is 0 Å². The third kappa shape index (κ3) is 3.23. The molecule has 0 radical (unpaired) electrons. The molecule has 2 unspecified atom stereocenters. The van der Waals surface area contributed by atoms with Crippen LogP contribution >= 0.6 is 15.9 Å². The van der Waals surface area contributed by atoms with Crippen molar-refractivity contribution in [1.29, 1.82) is 0 Å². The van der Waals surface area contributed by atoms with Crippen LogP contribution in [0.5, 0.6) is 0 Å². The van der Waals surface area contributed by atoms with E-state index in [1.54, 1.807) is 6.07 Å². The first-order valence-corrected chi connectivity index (χ1v) is 6.95. The number of rotatable bonds is 3. The van der Waals surface area contributed by atoms with E-state index < -0.39 is 5.91 Å². The molecule has 1 fully saturated rings. The van der Waals surface area contributed by atoms with Gasteiger partial charge in [0.25, 0.3) is 5.91 Å². The first-order valence-electron chi connectivity index (χ1n) is 6.15. The summed E-state index contributed by atoms with van der Waals surface area (Å²) in [5.41, 5.74) is 6.77. The van der Waals surface area contributed by atoms with E-state index in [0.29, 0.717) is 17.6 Å². The Morgan fingerprint density at radius 1 is 1.56 bits per heavy atom. The second kappa shape index (κ2) is 5.71. The van der Waals surface area contributed by atoms with E-state index in [4.69, 9.17) is 5.73 Å². The third-order valence-corrected chi connectivity index (χ3v) is 3.72. The first kappa shape index (κ1) is 13.4. The van der Waals surface area contributed by atoms with Crippen LogP contribution in [0.1, 0.15) is 30.1 Å². The van der Waals surface area contributed by atoms with Gasteiger partial charge in [-0.25, -0.2) is 0 Å². The fourth-order valence-electron chi connectivity index (χ4n) is 2.33. The summed E-state index contributed by atoms with van der Waals surface area (Å²) in [6.45, 7) is 3.17. The Labute approximate surface area is 115 Å². The molecule has 1 amide bonds. The van der Waals surface area contributed by atoms with Gasteiger partial charge in [-0.05, 0) is 44.5 Å². The Kier molecular flexibility index (Phi) is 4.24. The molecule has 1 saturated heterocycles. The summed E-state index contributed by atoms with van der Waals surface area (Å²) in [6, 6.07) is 6.47. The summed E-state index contributed by atoms with van der Waals surface area (Å²) in [6.07, 6.45) is 2.10. The number of carbonyl (C=O) groups is 1. The Morgan fingerprint density at radius 2 is 2.33 bits per heavy atom. The van der Waals surface area contributed by atoms with Crippen LogP contribution in [0.4, 0.5) is 5.69 Å². The van der Waals surface area contributed by atoms with Gasteiger partial charge in [0.2, 0.25) is 0 Å². The van der Waals surface area contributed by atoms with Gasteiger partial charge in [-0.1, -0.05) is 15.9 Å². The van der Waals surface area contributed by atoms with E-state index in [1.807, 2.05) is 12.1 Å². The molecule has 5 heteroatoms. The molecule has 2 atom stereocenters. The molecule has 1 aromatic carbocycles. The van der Waals surface area contributed by atoms with Crippen molar-refractivity contribution in [2.75, 3.05) is 11.9 Å². The molecule has 0 saturated carbocycles. The Morgan fingerprint density at radius 3 is 3.00 bits per heavy atom. The molecule has 0 aliphatic carbocycles. The number of nitrogens with one attached hydrogen (secondary N) is 2. The number of primary amides is 1. The molecule has 18 heavy (non-hydrogen) atoms. The van der Waals surface area contributed by atoms with Gasteiger partial charge < -0.3 is 16.4 Å². The molecule has 4 N–H and O–H groups in total. The van der Waals surface area contributed by atoms with Crippen molar-refractivity contribution >= 4 is 27.5 Å². The zero-order valence-electron chi connectivity index (χ0n) is 10.4. The standard InChI is InChI=1S/C13H18BrN3O/c1-8-6-10(4-5-16-8)17-12-3-2-9(14)7-11(12)13(15)18/h2-3,7-8,10,16-17H,4-6H2,1H3,(H2,15,18). The summed E-state index contributed by atoms with van der Waals surface area (Å²) in [4.78, 5) is 11.4. The van der Waals surface area contributed by atoms with Gasteiger partial charge in [0.05, 0.1) is 5.56 Å². The smallest absolute Gasteiger partial charge is 0.250 e. The molecular weight excluding hydrogens is 294 g/mol. The number of carbonyl (C=O) groups excluding carboxylic acids is 1. The van der Waals surface area contributed by atoms with Crippen molar-refractivity contribution < 1.29 is 4.79 Å². The molecular formula is C13H18BrN3O. The lowest BCUT2D eigenvalue weighted by molar-refractivity contribution is 0.100. The second-order valence-corrected chi connectivity index (χ2v) is 5.69. The van der Waals surface area contributed by atoms with Gasteiger partial charge in [0.15, 0.2) is 0 Å². The second-order valence-electron chi connectivity index (χ2n) is 4.77. The zero-order valence-corrected chi connectivity index (χ0v) is 12.0. The predicted molar refractivity (Wildman–Crippen MR) is 76.8 cm³/mol. The van der Waals surface area contributed by atoms with Crippen LogP contribution in [0.15, 0.2) is 22.7 Å². The number of nitrogens with two attached hydrogens (primary N) is 1. The molecule has 1 aromatic rings. The number of benzene rings is 1. The van der Waals surface area contributed by atoms with Gasteiger partial charge >= 0.3 is 0 Å². The van der Waals surface area contributed by atoms with Crippen LogP contribution in [0.25, 0.3) is 0 Å². The highest BCUT2D eigenvalue weighted by Crippen LogP contribution is 2.23. The van der Waals surface area contributed by atoms with Crippen molar-refractivity contribution in [3.8, 4) is 0 Å². The maximum absolute atomic E-state index is 11.4. The molecule has 1 aliphatic rings. The molecule has 0 bridgehead atoms. The number of halogens is 1. The fourth-order valence-corrected chi connectivity index (χ4v) is 2.69. The van der Waals surface area contributed by atoms with Crippen molar-refractivity contribution in [1.82, 2.24) is 5.32 Å². The number of amides is 1. The Balaban J connectivity index is 2.15. The minimum absolute atomic E-state index is 0.389. The summed E-state index contributed by atoms with van der Waals surface area (Å²) in [5.74, 6) is -0.402. The SMILES string of the molecule is CC1CC(Nc2ccc(Br)cc2C(N)=O)CCN1. The molecule has 1 aliphatic heterocycles. The van der Waals surface area contributed by atoms with Gasteiger partial charge in [-0.3, -0.25) is 4.79 Å². The number of hydrogen-bond acceptors (Lipinski definition) is 3. The van der Waals surface area contributed by atoms with Crippen LogP contribution < -0.4 is 16.4 Å². The fraction of sp³-hybridized carbons (Fsp3) is 0.462. The van der Waals surface area contributed by atoms with Gasteiger partial charge in [-0.15, -0.1) is 0 Å². The first-order chi connectivity index (χ1) is 8.56. The lowest BCUT2D eigenvalue weighted by Crippen LogP contribution is -2.41. The van der Waals surface area contributed by atoms with Crippen molar-refractivity contribution in [3.05, 3.63) is 28.2 Å². The Hall–Kier alpha value is -1.07. The average molecular weight is 312 g/mol. The van der Waals surface area contributed by atoms with Crippen LogP contribution in [-0.2, 0) is 0 Å². The molecule has 2 rings (SSSR count). The lowest BCUT2D eigenvalue weighted by atomic mass is 10.00. The zero-order chi connectivity index (χ0) is 13.1.